The lowest BCUT2D eigenvalue weighted by Gasteiger charge is -2.06. The molecule has 110 valence electrons. The van der Waals surface area contributed by atoms with E-state index >= 15 is 0 Å². The van der Waals surface area contributed by atoms with Gasteiger partial charge in [-0.3, -0.25) is 14.3 Å². The van der Waals surface area contributed by atoms with Crippen molar-refractivity contribution in [2.45, 2.75) is 45.7 Å². The number of anilines is 1. The quantitative estimate of drug-likeness (QED) is 0.730. The van der Waals surface area contributed by atoms with Crippen LogP contribution in [0.25, 0.3) is 0 Å². The van der Waals surface area contributed by atoms with Crippen molar-refractivity contribution in [2.24, 2.45) is 0 Å². The summed E-state index contributed by atoms with van der Waals surface area (Å²) in [6.07, 6.45) is 2.29. The summed E-state index contributed by atoms with van der Waals surface area (Å²) < 4.78 is 6.53. The molecule has 1 aliphatic rings. The highest BCUT2D eigenvalue weighted by molar-refractivity contribution is 5.77. The monoisotopic (exact) mass is 280 g/mol. The fourth-order valence-electron chi connectivity index (χ4n) is 1.82. The first-order valence-corrected chi connectivity index (χ1v) is 6.72. The first kappa shape index (κ1) is 14.4. The maximum absolute atomic E-state index is 11.6. The number of ether oxygens (including phenoxy) is 1. The Kier molecular flexibility index (Phi) is 4.26. The van der Waals surface area contributed by atoms with E-state index in [1.807, 2.05) is 0 Å². The smallest absolute Gasteiger partial charge is 0.327 e. The van der Waals surface area contributed by atoms with Gasteiger partial charge in [-0.1, -0.05) is 0 Å². The molecule has 0 atom stereocenters. The first-order valence-electron chi connectivity index (χ1n) is 6.72. The molecule has 7 heteroatoms. The number of rotatable bonds is 6. The molecular formula is C13H20N4O3. The Morgan fingerprint density at radius 1 is 1.45 bits per heavy atom. The van der Waals surface area contributed by atoms with E-state index in [2.05, 4.69) is 10.4 Å². The van der Waals surface area contributed by atoms with Gasteiger partial charge in [-0.15, -0.1) is 0 Å². The molecule has 20 heavy (non-hydrogen) atoms. The normalized spacial score (nSPS) is 14.1. The van der Waals surface area contributed by atoms with E-state index in [1.54, 1.807) is 13.8 Å². The SMILES string of the molecule is Cc1nn(CC(=O)OCCC(=O)NC2CC2)c(C)c1N. The number of hydrogen-bond acceptors (Lipinski definition) is 5. The van der Waals surface area contributed by atoms with Gasteiger partial charge in [0, 0.05) is 6.04 Å². The van der Waals surface area contributed by atoms with E-state index in [9.17, 15) is 9.59 Å². The number of esters is 1. The van der Waals surface area contributed by atoms with E-state index in [1.165, 1.54) is 4.68 Å². The summed E-state index contributed by atoms with van der Waals surface area (Å²) in [6, 6.07) is 0.330. The summed E-state index contributed by atoms with van der Waals surface area (Å²) in [5, 5.41) is 6.98. The summed E-state index contributed by atoms with van der Waals surface area (Å²) in [7, 11) is 0. The van der Waals surface area contributed by atoms with Crippen LogP contribution in [0.15, 0.2) is 0 Å². The lowest BCUT2D eigenvalue weighted by molar-refractivity contribution is -0.145. The molecule has 1 heterocycles. The minimum Gasteiger partial charge on any atom is -0.464 e. The number of aromatic nitrogens is 2. The number of aryl methyl sites for hydroxylation is 1. The van der Waals surface area contributed by atoms with Gasteiger partial charge in [0.1, 0.15) is 13.2 Å². The van der Waals surface area contributed by atoms with Crippen molar-refractivity contribution in [3.8, 4) is 0 Å². The van der Waals surface area contributed by atoms with Gasteiger partial charge in [-0.25, -0.2) is 0 Å². The van der Waals surface area contributed by atoms with Gasteiger partial charge >= 0.3 is 5.97 Å². The third-order valence-electron chi connectivity index (χ3n) is 3.25. The average Bonchev–Trinajstić information content (AvgIpc) is 3.15. The fraction of sp³-hybridized carbons (Fsp3) is 0.615. The summed E-state index contributed by atoms with van der Waals surface area (Å²) in [5.41, 5.74) is 7.80. The minimum absolute atomic E-state index is 0.00805. The molecule has 0 bridgehead atoms. The van der Waals surface area contributed by atoms with Gasteiger partial charge in [0.15, 0.2) is 0 Å². The predicted molar refractivity (Wildman–Crippen MR) is 72.9 cm³/mol. The molecule has 2 rings (SSSR count). The maximum atomic E-state index is 11.6. The number of carbonyl (C=O) groups excluding carboxylic acids is 2. The van der Waals surface area contributed by atoms with Crippen molar-refractivity contribution in [1.29, 1.82) is 0 Å². The molecule has 1 saturated carbocycles. The third kappa shape index (κ3) is 3.72. The number of nitrogens with zero attached hydrogens (tertiary/aromatic N) is 2. The molecule has 0 radical (unpaired) electrons. The number of nitrogen functional groups attached to an aromatic ring is 1. The lowest BCUT2D eigenvalue weighted by atomic mass is 10.3. The molecule has 1 aliphatic carbocycles. The van der Waals surface area contributed by atoms with Gasteiger partial charge in [0.05, 0.1) is 23.5 Å². The summed E-state index contributed by atoms with van der Waals surface area (Å²) in [4.78, 5) is 23.0. The van der Waals surface area contributed by atoms with Crippen LogP contribution in [0.3, 0.4) is 0 Å². The molecule has 0 unspecified atom stereocenters. The summed E-state index contributed by atoms with van der Waals surface area (Å²) in [5.74, 6) is -0.495. The molecule has 7 nitrogen and oxygen atoms in total. The highest BCUT2D eigenvalue weighted by Gasteiger charge is 2.23. The fourth-order valence-corrected chi connectivity index (χ4v) is 1.82. The zero-order valence-electron chi connectivity index (χ0n) is 11.8. The van der Waals surface area contributed by atoms with Crippen LogP contribution in [0.5, 0.6) is 0 Å². The highest BCUT2D eigenvalue weighted by Crippen LogP contribution is 2.18. The van der Waals surface area contributed by atoms with Crippen molar-refractivity contribution in [3.05, 3.63) is 11.4 Å². The van der Waals surface area contributed by atoms with E-state index in [0.29, 0.717) is 17.4 Å². The molecular weight excluding hydrogens is 260 g/mol. The number of amides is 1. The number of hydrogen-bond donors (Lipinski definition) is 2. The number of nitrogens with one attached hydrogen (secondary N) is 1. The Labute approximate surface area is 117 Å². The zero-order valence-corrected chi connectivity index (χ0v) is 11.8. The molecule has 0 aliphatic heterocycles. The standard InChI is InChI=1S/C13H20N4O3/c1-8-13(14)9(2)17(16-8)7-12(19)20-6-5-11(18)15-10-3-4-10/h10H,3-7,14H2,1-2H3,(H,15,18). The molecule has 3 N–H and O–H groups in total. The van der Waals surface area contributed by atoms with E-state index in [4.69, 9.17) is 10.5 Å². The molecule has 1 amide bonds. The van der Waals surface area contributed by atoms with Crippen LogP contribution in [0.2, 0.25) is 0 Å². The van der Waals surface area contributed by atoms with Crippen molar-refractivity contribution in [2.75, 3.05) is 12.3 Å². The number of carbonyl (C=O) groups is 2. The van der Waals surface area contributed by atoms with Crippen LogP contribution in [0.1, 0.15) is 30.7 Å². The molecule has 0 spiro atoms. The Morgan fingerprint density at radius 2 is 2.15 bits per heavy atom. The second kappa shape index (κ2) is 5.94. The molecule has 1 aromatic heterocycles. The van der Waals surface area contributed by atoms with Crippen LogP contribution in [-0.4, -0.2) is 34.3 Å². The Bertz CT molecular complexity index is 520. The third-order valence-corrected chi connectivity index (χ3v) is 3.25. The van der Waals surface area contributed by atoms with Crippen LogP contribution in [0.4, 0.5) is 5.69 Å². The second-order valence-corrected chi connectivity index (χ2v) is 5.05. The average molecular weight is 280 g/mol. The van der Waals surface area contributed by atoms with Crippen molar-refractivity contribution in [3.63, 3.8) is 0 Å². The van der Waals surface area contributed by atoms with Crippen LogP contribution >= 0.6 is 0 Å². The highest BCUT2D eigenvalue weighted by atomic mass is 16.5. The topological polar surface area (TPSA) is 99.2 Å². The van der Waals surface area contributed by atoms with Gasteiger partial charge in [-0.2, -0.15) is 5.10 Å². The molecule has 0 aromatic carbocycles. The van der Waals surface area contributed by atoms with Gasteiger partial charge < -0.3 is 15.8 Å². The van der Waals surface area contributed by atoms with Crippen molar-refractivity contribution < 1.29 is 14.3 Å². The maximum Gasteiger partial charge on any atom is 0.327 e. The molecule has 0 saturated heterocycles. The summed E-state index contributed by atoms with van der Waals surface area (Å²) >= 11 is 0. The first-order chi connectivity index (χ1) is 9.47. The number of nitrogens with two attached hydrogens (primary N) is 1. The zero-order chi connectivity index (χ0) is 14.7. The van der Waals surface area contributed by atoms with E-state index in [-0.39, 0.29) is 25.5 Å². The molecule has 1 aromatic rings. The van der Waals surface area contributed by atoms with Gasteiger partial charge in [0.2, 0.25) is 5.91 Å². The second-order valence-electron chi connectivity index (χ2n) is 5.05. The van der Waals surface area contributed by atoms with Crippen molar-refractivity contribution in [1.82, 2.24) is 15.1 Å². The Morgan fingerprint density at radius 3 is 2.70 bits per heavy atom. The largest absolute Gasteiger partial charge is 0.464 e. The van der Waals surface area contributed by atoms with Crippen LogP contribution in [-0.2, 0) is 20.9 Å². The predicted octanol–water partition coefficient (Wildman–Crippen LogP) is 0.294. The van der Waals surface area contributed by atoms with E-state index < -0.39 is 5.97 Å². The summed E-state index contributed by atoms with van der Waals surface area (Å²) in [6.45, 7) is 3.68. The van der Waals surface area contributed by atoms with Crippen LogP contribution < -0.4 is 11.1 Å². The molecule has 1 fully saturated rings. The Balaban J connectivity index is 1.71. The Hall–Kier alpha value is -2.05. The lowest BCUT2D eigenvalue weighted by Crippen LogP contribution is -2.27. The van der Waals surface area contributed by atoms with Crippen LogP contribution in [0, 0.1) is 13.8 Å². The van der Waals surface area contributed by atoms with Gasteiger partial charge in [-0.05, 0) is 26.7 Å². The van der Waals surface area contributed by atoms with Crippen molar-refractivity contribution >= 4 is 17.6 Å². The van der Waals surface area contributed by atoms with Gasteiger partial charge in [0.25, 0.3) is 0 Å². The minimum atomic E-state index is -0.421. The van der Waals surface area contributed by atoms with E-state index in [0.717, 1.165) is 18.5 Å².